The van der Waals surface area contributed by atoms with Crippen molar-refractivity contribution in [3.63, 3.8) is 0 Å². The molecule has 28 heavy (non-hydrogen) atoms. The van der Waals surface area contributed by atoms with Crippen LogP contribution in [0.3, 0.4) is 0 Å². The molecular formula is C20H17ClN6O. The van der Waals surface area contributed by atoms with Crippen LogP contribution < -0.4 is 5.32 Å². The van der Waals surface area contributed by atoms with E-state index in [9.17, 15) is 4.79 Å². The van der Waals surface area contributed by atoms with E-state index in [1.165, 1.54) is 12.5 Å². The third-order valence-electron chi connectivity index (χ3n) is 4.26. The largest absolute Gasteiger partial charge is 0.343 e. The number of halogens is 1. The van der Waals surface area contributed by atoms with Gasteiger partial charge in [-0.05, 0) is 23.8 Å². The van der Waals surface area contributed by atoms with E-state index in [2.05, 4.69) is 20.5 Å². The summed E-state index contributed by atoms with van der Waals surface area (Å²) in [5.41, 5.74) is 2.22. The summed E-state index contributed by atoms with van der Waals surface area (Å²) >= 11 is 6.03. The molecule has 2 heterocycles. The van der Waals surface area contributed by atoms with E-state index < -0.39 is 0 Å². The molecule has 0 aliphatic rings. The highest BCUT2D eigenvalue weighted by molar-refractivity contribution is 6.30. The van der Waals surface area contributed by atoms with E-state index in [0.717, 1.165) is 11.3 Å². The van der Waals surface area contributed by atoms with Gasteiger partial charge in [0, 0.05) is 11.2 Å². The van der Waals surface area contributed by atoms with Crippen molar-refractivity contribution >= 4 is 17.5 Å². The maximum absolute atomic E-state index is 12.8. The summed E-state index contributed by atoms with van der Waals surface area (Å²) in [7, 11) is 0. The lowest BCUT2D eigenvalue weighted by atomic mass is 10.1. The Morgan fingerprint density at radius 3 is 2.71 bits per heavy atom. The average Bonchev–Trinajstić information content (AvgIpc) is 3.40. The number of aromatic nitrogens is 5. The summed E-state index contributed by atoms with van der Waals surface area (Å²) in [5.74, 6) is -0.220. The van der Waals surface area contributed by atoms with Gasteiger partial charge in [-0.25, -0.2) is 9.67 Å². The van der Waals surface area contributed by atoms with Gasteiger partial charge in [-0.15, -0.1) is 0 Å². The van der Waals surface area contributed by atoms with Crippen LogP contribution in [-0.4, -0.2) is 30.5 Å². The van der Waals surface area contributed by atoms with Crippen LogP contribution in [0.2, 0.25) is 5.02 Å². The Morgan fingerprint density at radius 2 is 1.96 bits per heavy atom. The zero-order valence-electron chi connectivity index (χ0n) is 14.8. The molecule has 0 saturated heterocycles. The molecule has 7 nitrogen and oxygen atoms in total. The Kier molecular flexibility index (Phi) is 5.16. The lowest BCUT2D eigenvalue weighted by Gasteiger charge is -2.18. The molecule has 140 valence electrons. The van der Waals surface area contributed by atoms with Crippen molar-refractivity contribution in [2.75, 3.05) is 0 Å². The second-order valence-corrected chi connectivity index (χ2v) is 6.64. The smallest absolute Gasteiger partial charge is 0.255 e. The number of hydrogen-bond acceptors (Lipinski definition) is 4. The topological polar surface area (TPSA) is 77.6 Å². The molecule has 1 unspecified atom stereocenters. The molecule has 0 saturated carbocycles. The molecule has 0 bridgehead atoms. The molecule has 0 radical (unpaired) electrons. The minimum Gasteiger partial charge on any atom is -0.343 e. The first-order valence-corrected chi connectivity index (χ1v) is 9.06. The number of hydrogen-bond donors (Lipinski definition) is 1. The summed E-state index contributed by atoms with van der Waals surface area (Å²) in [4.78, 5) is 16.8. The summed E-state index contributed by atoms with van der Waals surface area (Å²) in [6, 6.07) is 16.8. The van der Waals surface area contributed by atoms with Gasteiger partial charge < -0.3 is 5.32 Å². The fourth-order valence-electron chi connectivity index (χ4n) is 2.88. The SMILES string of the molecule is O=C(NC(Cn1cncn1)c1ccccc1)c1cnn(-c2cccc(Cl)c2)c1. The number of nitrogens with one attached hydrogen (secondary N) is 1. The van der Waals surface area contributed by atoms with Crippen molar-refractivity contribution in [3.8, 4) is 5.69 Å². The van der Waals surface area contributed by atoms with Gasteiger partial charge >= 0.3 is 0 Å². The molecule has 4 rings (SSSR count). The number of benzene rings is 2. The molecule has 1 amide bonds. The highest BCUT2D eigenvalue weighted by atomic mass is 35.5. The molecule has 2 aromatic carbocycles. The van der Waals surface area contributed by atoms with Crippen molar-refractivity contribution in [3.05, 3.63) is 95.8 Å². The highest BCUT2D eigenvalue weighted by Crippen LogP contribution is 2.17. The van der Waals surface area contributed by atoms with Crippen LogP contribution >= 0.6 is 11.6 Å². The Labute approximate surface area is 166 Å². The second kappa shape index (κ2) is 8.06. The Balaban J connectivity index is 1.54. The van der Waals surface area contributed by atoms with Gasteiger partial charge in [0.2, 0.25) is 0 Å². The predicted octanol–water partition coefficient (Wildman–Crippen LogP) is 3.29. The molecule has 4 aromatic rings. The van der Waals surface area contributed by atoms with Crippen LogP contribution in [0.15, 0.2) is 79.6 Å². The zero-order chi connectivity index (χ0) is 19.3. The minimum absolute atomic E-state index is 0.220. The van der Waals surface area contributed by atoms with E-state index in [-0.39, 0.29) is 11.9 Å². The van der Waals surface area contributed by atoms with Crippen molar-refractivity contribution < 1.29 is 4.79 Å². The quantitative estimate of drug-likeness (QED) is 0.546. The first-order valence-electron chi connectivity index (χ1n) is 8.68. The molecule has 2 aromatic heterocycles. The first kappa shape index (κ1) is 17.9. The van der Waals surface area contributed by atoms with E-state index in [1.807, 2.05) is 42.5 Å². The fraction of sp³-hybridized carbons (Fsp3) is 0.100. The molecule has 0 spiro atoms. The van der Waals surface area contributed by atoms with Crippen LogP contribution in [0.4, 0.5) is 0 Å². The molecule has 1 atom stereocenters. The zero-order valence-corrected chi connectivity index (χ0v) is 15.6. The minimum atomic E-state index is -0.259. The summed E-state index contributed by atoms with van der Waals surface area (Å²) < 4.78 is 3.31. The Hall–Kier alpha value is -3.45. The van der Waals surface area contributed by atoms with Crippen molar-refractivity contribution in [2.45, 2.75) is 12.6 Å². The average molecular weight is 393 g/mol. The van der Waals surface area contributed by atoms with Crippen LogP contribution in [0.1, 0.15) is 22.0 Å². The third kappa shape index (κ3) is 4.10. The van der Waals surface area contributed by atoms with Crippen molar-refractivity contribution in [1.82, 2.24) is 29.9 Å². The molecule has 0 aliphatic carbocycles. The molecule has 1 N–H and O–H groups in total. The number of nitrogens with zero attached hydrogens (tertiary/aromatic N) is 5. The van der Waals surface area contributed by atoms with Crippen LogP contribution in [0.5, 0.6) is 0 Å². The first-order chi connectivity index (χ1) is 13.7. The number of carbonyl (C=O) groups excluding carboxylic acids is 1. The van der Waals surface area contributed by atoms with Gasteiger partial charge in [0.1, 0.15) is 12.7 Å². The maximum atomic E-state index is 12.8. The number of amides is 1. The lowest BCUT2D eigenvalue weighted by Crippen LogP contribution is -2.31. The van der Waals surface area contributed by atoms with E-state index in [0.29, 0.717) is 17.1 Å². The van der Waals surface area contributed by atoms with Crippen molar-refractivity contribution in [1.29, 1.82) is 0 Å². The summed E-state index contributed by atoms with van der Waals surface area (Å²) in [6.07, 6.45) is 6.31. The van der Waals surface area contributed by atoms with Gasteiger partial charge in [0.15, 0.2) is 0 Å². The Bertz CT molecular complexity index is 1060. The van der Waals surface area contributed by atoms with Gasteiger partial charge in [0.05, 0.1) is 30.0 Å². The van der Waals surface area contributed by atoms with Crippen LogP contribution in [0, 0.1) is 0 Å². The second-order valence-electron chi connectivity index (χ2n) is 6.21. The maximum Gasteiger partial charge on any atom is 0.255 e. The summed E-state index contributed by atoms with van der Waals surface area (Å²) in [6.45, 7) is 0.470. The van der Waals surface area contributed by atoms with E-state index in [4.69, 9.17) is 11.6 Å². The Morgan fingerprint density at radius 1 is 1.11 bits per heavy atom. The van der Waals surface area contributed by atoms with Gasteiger partial charge in [-0.2, -0.15) is 10.2 Å². The lowest BCUT2D eigenvalue weighted by molar-refractivity contribution is 0.0932. The van der Waals surface area contributed by atoms with E-state index in [1.54, 1.807) is 34.0 Å². The third-order valence-corrected chi connectivity index (χ3v) is 4.50. The molecule has 0 aliphatic heterocycles. The molecule has 0 fully saturated rings. The van der Waals surface area contributed by atoms with Gasteiger partial charge in [-0.3, -0.25) is 9.48 Å². The van der Waals surface area contributed by atoms with Crippen LogP contribution in [-0.2, 0) is 6.54 Å². The highest BCUT2D eigenvalue weighted by Gasteiger charge is 2.18. The number of rotatable bonds is 6. The van der Waals surface area contributed by atoms with Gasteiger partial charge in [0.25, 0.3) is 5.91 Å². The molecular weight excluding hydrogens is 376 g/mol. The van der Waals surface area contributed by atoms with Gasteiger partial charge in [-0.1, -0.05) is 48.0 Å². The standard InChI is InChI=1S/C20H17ClN6O/c21-17-7-4-8-18(9-17)27-11-16(10-23-27)20(28)25-19(12-26-14-22-13-24-26)15-5-2-1-3-6-15/h1-11,13-14,19H,12H2,(H,25,28). The normalized spacial score (nSPS) is 11.9. The summed E-state index contributed by atoms with van der Waals surface area (Å²) in [5, 5.41) is 12.1. The fourth-order valence-corrected chi connectivity index (χ4v) is 3.06. The van der Waals surface area contributed by atoms with E-state index >= 15 is 0 Å². The van der Waals surface area contributed by atoms with Crippen molar-refractivity contribution in [2.24, 2.45) is 0 Å². The monoisotopic (exact) mass is 392 g/mol. The predicted molar refractivity (Wildman–Crippen MR) is 105 cm³/mol. The van der Waals surface area contributed by atoms with Crippen LogP contribution in [0.25, 0.3) is 5.69 Å². The number of carbonyl (C=O) groups is 1. The molecule has 8 heteroatoms.